The number of nitriles is 2. The van der Waals surface area contributed by atoms with Crippen LogP contribution >= 0.6 is 22.7 Å². The van der Waals surface area contributed by atoms with Gasteiger partial charge in [0.2, 0.25) is 5.91 Å². The average molecular weight is 1350 g/mol. The topological polar surface area (TPSA) is 277 Å². The molecule has 0 saturated carbocycles. The van der Waals surface area contributed by atoms with Crippen LogP contribution in [0.4, 0.5) is 35.5 Å². The average Bonchev–Trinajstić information content (AvgIpc) is 1.64. The van der Waals surface area contributed by atoms with E-state index in [0.29, 0.717) is 60.8 Å². The van der Waals surface area contributed by atoms with Gasteiger partial charge >= 0.3 is 12.1 Å². The van der Waals surface area contributed by atoms with E-state index in [1.165, 1.54) is 51.8 Å². The van der Waals surface area contributed by atoms with Gasteiger partial charge in [-0.25, -0.2) is 53.4 Å². The molecule has 4 fully saturated rings. The molecule has 23 nitrogen and oxygen atoms in total. The van der Waals surface area contributed by atoms with Crippen LogP contribution in [0.5, 0.6) is 0 Å². The summed E-state index contributed by atoms with van der Waals surface area (Å²) >= 11 is 2.59. The molecule has 4 aliphatic rings. The summed E-state index contributed by atoms with van der Waals surface area (Å²) in [6.07, 6.45) is 14.2. The summed E-state index contributed by atoms with van der Waals surface area (Å²) in [7, 11) is 3.84. The molecule has 14 rings (SSSR count). The van der Waals surface area contributed by atoms with Crippen molar-refractivity contribution in [2.75, 3.05) is 76.3 Å². The monoisotopic (exact) mass is 1350 g/mol. The predicted molar refractivity (Wildman–Crippen MR) is 368 cm³/mol. The molecule has 97 heavy (non-hydrogen) atoms. The van der Waals surface area contributed by atoms with Crippen LogP contribution in [0.2, 0.25) is 0 Å². The van der Waals surface area contributed by atoms with E-state index in [2.05, 4.69) is 56.6 Å². The number of pyridine rings is 2. The number of fused-ring (bicyclic) bond motifs is 2. The third-order valence-electron chi connectivity index (χ3n) is 17.0. The Bertz CT molecular complexity index is 4580. The molecule has 0 atom stereocenters. The third-order valence-corrected chi connectivity index (χ3v) is 19.1. The van der Waals surface area contributed by atoms with Crippen LogP contribution in [0.1, 0.15) is 74.8 Å². The van der Waals surface area contributed by atoms with Crippen molar-refractivity contribution < 1.29 is 33.0 Å². The summed E-state index contributed by atoms with van der Waals surface area (Å²) in [5.41, 5.74) is 9.11. The minimum atomic E-state index is -0.857. The lowest BCUT2D eigenvalue weighted by Gasteiger charge is -2.42. The molecule has 8 aromatic heterocycles. The normalized spacial score (nSPS) is 14.7. The van der Waals surface area contributed by atoms with E-state index in [-0.39, 0.29) is 44.0 Å². The van der Waals surface area contributed by atoms with E-state index in [9.17, 15) is 33.7 Å². The van der Waals surface area contributed by atoms with Gasteiger partial charge in [-0.05, 0) is 125 Å². The zero-order valence-electron chi connectivity index (χ0n) is 54.0. The van der Waals surface area contributed by atoms with Gasteiger partial charge in [0.15, 0.2) is 10.3 Å². The van der Waals surface area contributed by atoms with Gasteiger partial charge in [-0.2, -0.15) is 10.5 Å². The lowest BCUT2D eigenvalue weighted by Crippen LogP contribution is -2.58. The number of thiazole rings is 2. The van der Waals surface area contributed by atoms with Crippen molar-refractivity contribution in [3.05, 3.63) is 154 Å². The predicted octanol–water partition coefficient (Wildman–Crippen LogP) is 11.1. The Balaban J connectivity index is 0.000000164. The summed E-state index contributed by atoms with van der Waals surface area (Å²) in [5, 5.41) is 35.9. The second-order valence-electron chi connectivity index (χ2n) is 25.1. The lowest BCUT2D eigenvalue weighted by molar-refractivity contribution is -0.147. The van der Waals surface area contributed by atoms with Gasteiger partial charge in [0.1, 0.15) is 85.1 Å². The number of hydrogen-bond donors (Lipinski definition) is 3. The Morgan fingerprint density at radius 1 is 0.598 bits per heavy atom. The quantitative estimate of drug-likeness (QED) is 0.0810. The van der Waals surface area contributed by atoms with Crippen LogP contribution in [-0.2, 0) is 40.0 Å². The van der Waals surface area contributed by atoms with Gasteiger partial charge < -0.3 is 40.1 Å². The molecule has 0 bridgehead atoms. The van der Waals surface area contributed by atoms with E-state index in [0.717, 1.165) is 127 Å². The fraction of sp³-hybridized carbons (Fsp3) is 0.357. The van der Waals surface area contributed by atoms with Crippen LogP contribution in [0.15, 0.2) is 110 Å². The van der Waals surface area contributed by atoms with E-state index in [4.69, 9.17) is 29.8 Å². The number of aromatic nitrogens is 10. The zero-order valence-corrected chi connectivity index (χ0v) is 55.6. The number of hydrogen-bond acceptors (Lipinski definition) is 20. The molecule has 27 heteroatoms. The van der Waals surface area contributed by atoms with E-state index < -0.39 is 23.6 Å². The summed E-state index contributed by atoms with van der Waals surface area (Å²) in [6, 6.07) is 24.5. The van der Waals surface area contributed by atoms with Crippen molar-refractivity contribution in [2.24, 2.45) is 23.7 Å². The summed E-state index contributed by atoms with van der Waals surface area (Å²) in [4.78, 5) is 80.1. The highest BCUT2D eigenvalue weighted by Gasteiger charge is 2.39. The SMILES string of the molecule is C.CC(C)(C)OC(=O)N1CC(C(=O)O)C1.CCc1nc2ccc(-c3cnc(CC4CN(C(=O)C5CNC5)C4)nc3)cn2c1N(C)c1nc(-c2ccc(F)cc2)c(C#N)s1.CCc1nc2ccc(-c3cnc(CC4CNC4)nc3)cn2c1N(C)c1nc(-c2ccc(F)cc2)c(C#N)s1. The zero-order chi connectivity index (χ0) is 67.5. The van der Waals surface area contributed by atoms with Gasteiger partial charge in [-0.3, -0.25) is 18.4 Å². The number of aryl methyl sites for hydroxylation is 2. The van der Waals surface area contributed by atoms with Gasteiger partial charge in [0.25, 0.3) is 0 Å². The molecule has 0 unspecified atom stereocenters. The van der Waals surface area contributed by atoms with Crippen molar-refractivity contribution in [3.8, 4) is 56.9 Å². The van der Waals surface area contributed by atoms with Crippen molar-refractivity contribution in [1.29, 1.82) is 10.5 Å². The first-order valence-electron chi connectivity index (χ1n) is 31.6. The molecule has 3 N–H and O–H groups in total. The number of imidazole rings is 2. The third kappa shape index (κ3) is 14.9. The Morgan fingerprint density at radius 3 is 1.39 bits per heavy atom. The largest absolute Gasteiger partial charge is 0.481 e. The highest BCUT2D eigenvalue weighted by Crippen LogP contribution is 2.40. The van der Waals surface area contributed by atoms with Crippen molar-refractivity contribution in [3.63, 3.8) is 0 Å². The Hall–Kier alpha value is -10.2. The van der Waals surface area contributed by atoms with Crippen molar-refractivity contribution in [1.82, 2.24) is 69.1 Å². The minimum absolute atomic E-state index is 0. The van der Waals surface area contributed by atoms with Crippen LogP contribution in [0.25, 0.3) is 56.1 Å². The van der Waals surface area contributed by atoms with E-state index in [1.54, 1.807) is 45.0 Å². The highest BCUT2D eigenvalue weighted by atomic mass is 32.1. The maximum Gasteiger partial charge on any atom is 0.410 e. The molecular formula is C70H74F2N18O5S2. The molecule has 0 radical (unpaired) electrons. The second kappa shape index (κ2) is 29.0. The number of nitrogens with one attached hydrogen (secondary N) is 2. The molecule has 2 aromatic carbocycles. The summed E-state index contributed by atoms with van der Waals surface area (Å²) in [5.74, 6) is 2.84. The fourth-order valence-electron chi connectivity index (χ4n) is 11.5. The molecule has 0 spiro atoms. The van der Waals surface area contributed by atoms with Crippen LogP contribution in [0.3, 0.4) is 0 Å². The minimum Gasteiger partial charge on any atom is -0.481 e. The van der Waals surface area contributed by atoms with Gasteiger partial charge in [-0.1, -0.05) is 43.9 Å². The number of benzene rings is 2. The van der Waals surface area contributed by atoms with Crippen LogP contribution in [-0.4, -0.2) is 154 Å². The number of amides is 2. The maximum absolute atomic E-state index is 13.5. The molecule has 500 valence electrons. The Morgan fingerprint density at radius 2 is 1.02 bits per heavy atom. The maximum atomic E-state index is 13.5. The highest BCUT2D eigenvalue weighted by molar-refractivity contribution is 7.17. The molecular weight excluding hydrogens is 1280 g/mol. The van der Waals surface area contributed by atoms with E-state index in [1.807, 2.05) is 99.0 Å². The van der Waals surface area contributed by atoms with Crippen LogP contribution < -0.4 is 20.4 Å². The van der Waals surface area contributed by atoms with E-state index >= 15 is 0 Å². The first kappa shape index (κ1) is 68.2. The number of aliphatic carboxylic acids is 1. The number of halogens is 2. The summed E-state index contributed by atoms with van der Waals surface area (Å²) < 4.78 is 36.1. The van der Waals surface area contributed by atoms with Crippen molar-refractivity contribution in [2.45, 2.75) is 73.3 Å². The Kier molecular flexibility index (Phi) is 20.4. The fourth-order valence-corrected chi connectivity index (χ4v) is 13.2. The number of anilines is 4. The molecule has 4 aliphatic heterocycles. The molecule has 4 saturated heterocycles. The van der Waals surface area contributed by atoms with Gasteiger partial charge in [0.05, 0.1) is 23.2 Å². The molecule has 2 amide bonds. The standard InChI is InChI=1S/C32H30FN9OS.C28H25FN8S.C9H15NO4.CH4/c1-3-25-30(40(2)32-39-29(26(11-34)44-32)20-4-7-24(33)8-5-20)42-18-21(6-9-28(42)38-25)22-14-36-27(37-15-22)10-19-16-41(17-19)31(43)23-12-35-13-23;1-3-22-27(36(2)28-35-26(23(11-30)38-28)18-4-7-21(29)8-5-18)37-16-19(6-9-25(37)34-22)20-14-32-24(33-15-20)10-17-12-31-13-17;1-9(2,3)14-8(13)10-4-6(5-10)7(11)12;/h4-9,14-15,18-19,23,35H,3,10,12-13,16-17H2,1-2H3;4-9,14-17,31H,3,10,12-13H2,1-2H3;6H,4-5H2,1-3H3,(H,11,12);1H4. The lowest BCUT2D eigenvalue weighted by atomic mass is 9.92. The number of carboxylic acid groups (broad SMARTS) is 1. The number of nitrogens with zero attached hydrogens (tertiary/aromatic N) is 16. The van der Waals surface area contributed by atoms with Crippen molar-refractivity contribution >= 4 is 73.8 Å². The number of likely N-dealkylation sites (tertiary alicyclic amines) is 2. The first-order chi connectivity index (χ1) is 46.2. The molecule has 10 aromatic rings. The van der Waals surface area contributed by atoms with Gasteiger partial charge in [-0.15, -0.1) is 0 Å². The second-order valence-corrected chi connectivity index (χ2v) is 27.0. The number of rotatable bonds is 16. The number of carbonyl (C=O) groups is 3. The molecule has 12 heterocycles. The van der Waals surface area contributed by atoms with Crippen LogP contribution in [0, 0.1) is 58.0 Å². The first-order valence-corrected chi connectivity index (χ1v) is 33.2. The molecule has 0 aliphatic carbocycles. The smallest absolute Gasteiger partial charge is 0.410 e. The number of carboxylic acids is 1. The van der Waals surface area contributed by atoms with Gasteiger partial charge in [0, 0.05) is 143 Å². The number of ether oxygens (including phenoxy) is 1. The summed E-state index contributed by atoms with van der Waals surface area (Å²) in [6.45, 7) is 15.1. The number of carbonyl (C=O) groups excluding carboxylic acids is 2. The Labute approximate surface area is 568 Å².